The van der Waals surface area contributed by atoms with Crippen LogP contribution in [-0.2, 0) is 11.2 Å². The second kappa shape index (κ2) is 8.13. The topological polar surface area (TPSA) is 77.2 Å². The molecule has 1 amide bonds. The Kier molecular flexibility index (Phi) is 5.19. The molecule has 0 bridgehead atoms. The Morgan fingerprint density at radius 3 is 2.73 bits per heavy atom. The smallest absolute Gasteiger partial charge is 0.225 e. The number of fused-ring (bicyclic) bond motifs is 1. The normalized spacial score (nSPS) is 22.2. The van der Waals surface area contributed by atoms with Gasteiger partial charge in [0.15, 0.2) is 0 Å². The van der Waals surface area contributed by atoms with Crippen LogP contribution in [0.4, 0.5) is 5.95 Å². The summed E-state index contributed by atoms with van der Waals surface area (Å²) in [6.07, 6.45) is 14.6. The molecule has 1 saturated heterocycles. The minimum atomic E-state index is 0.169. The summed E-state index contributed by atoms with van der Waals surface area (Å²) in [6, 6.07) is 2.28. The highest BCUT2D eigenvalue weighted by Gasteiger charge is 2.23. The lowest BCUT2D eigenvalue weighted by molar-refractivity contribution is -0.130. The van der Waals surface area contributed by atoms with E-state index in [9.17, 15) is 4.79 Å². The van der Waals surface area contributed by atoms with Gasteiger partial charge in [-0.1, -0.05) is 31.4 Å². The maximum atomic E-state index is 11.5. The third-order valence-corrected chi connectivity index (χ3v) is 6.69. The van der Waals surface area contributed by atoms with Gasteiger partial charge in [-0.3, -0.25) is 4.79 Å². The number of H-pyrrole nitrogens is 1. The average molecular weight is 407 g/mol. The summed E-state index contributed by atoms with van der Waals surface area (Å²) in [5.41, 5.74) is 3.33. The monoisotopic (exact) mass is 406 g/mol. The number of carbonyl (C=O) groups is 1. The Morgan fingerprint density at radius 1 is 1.23 bits per heavy atom. The molecule has 3 aliphatic rings. The minimum absolute atomic E-state index is 0.169. The number of allylic oxidation sites excluding steroid dienone is 1. The number of carbonyl (C=O) groups excluding carboxylic acids is 1. The van der Waals surface area contributed by atoms with Gasteiger partial charge < -0.3 is 20.1 Å². The highest BCUT2D eigenvalue weighted by molar-refractivity contribution is 5.79. The van der Waals surface area contributed by atoms with Crippen LogP contribution >= 0.6 is 0 Å². The molecule has 0 aromatic carbocycles. The lowest BCUT2D eigenvalue weighted by atomic mass is 9.82. The lowest BCUT2D eigenvalue weighted by Crippen LogP contribution is -2.47. The van der Waals surface area contributed by atoms with Crippen LogP contribution < -0.4 is 5.32 Å². The van der Waals surface area contributed by atoms with Gasteiger partial charge in [-0.05, 0) is 30.9 Å². The zero-order valence-corrected chi connectivity index (χ0v) is 17.6. The summed E-state index contributed by atoms with van der Waals surface area (Å²) in [6.45, 7) is 5.04. The first kappa shape index (κ1) is 19.2. The maximum Gasteiger partial charge on any atom is 0.225 e. The molecule has 5 rings (SSSR count). The van der Waals surface area contributed by atoms with E-state index in [2.05, 4.69) is 39.5 Å². The van der Waals surface area contributed by atoms with Crippen molar-refractivity contribution in [3.05, 3.63) is 41.9 Å². The maximum absolute atomic E-state index is 11.5. The molecule has 0 radical (unpaired) electrons. The fourth-order valence-corrected chi connectivity index (χ4v) is 4.59. The molecule has 1 unspecified atom stereocenters. The number of amides is 1. The number of hydrogen-bond acceptors (Lipinski definition) is 5. The summed E-state index contributed by atoms with van der Waals surface area (Å²) >= 11 is 0. The van der Waals surface area contributed by atoms with E-state index in [1.54, 1.807) is 6.92 Å². The molecule has 30 heavy (non-hydrogen) atoms. The number of nitrogens with zero attached hydrogens (tertiary/aromatic N) is 4. The number of nitrogens with one attached hydrogen (secondary N) is 2. The molecule has 2 aliphatic carbocycles. The highest BCUT2D eigenvalue weighted by atomic mass is 16.2. The largest absolute Gasteiger partial charge is 0.368 e. The summed E-state index contributed by atoms with van der Waals surface area (Å²) < 4.78 is 0. The first-order valence-electron chi connectivity index (χ1n) is 11.1. The summed E-state index contributed by atoms with van der Waals surface area (Å²) in [5, 5.41) is 4.66. The van der Waals surface area contributed by atoms with Crippen LogP contribution in [0.1, 0.15) is 38.3 Å². The quantitative estimate of drug-likeness (QED) is 0.798. The number of aromatic amines is 1. The number of rotatable bonds is 5. The van der Waals surface area contributed by atoms with E-state index in [1.165, 1.54) is 25.0 Å². The fourth-order valence-electron chi connectivity index (χ4n) is 4.59. The zero-order chi connectivity index (χ0) is 20.5. The van der Waals surface area contributed by atoms with Crippen molar-refractivity contribution in [2.24, 2.45) is 5.92 Å². The molecule has 1 saturated carbocycles. The predicted octanol–water partition coefficient (Wildman–Crippen LogP) is 3.09. The van der Waals surface area contributed by atoms with Gasteiger partial charge >= 0.3 is 0 Å². The Balaban J connectivity index is 1.23. The molecule has 7 nitrogen and oxygen atoms in total. The van der Waals surface area contributed by atoms with Gasteiger partial charge in [0.05, 0.1) is 11.7 Å². The first-order valence-corrected chi connectivity index (χ1v) is 11.1. The Hall–Kier alpha value is -2.83. The lowest BCUT2D eigenvalue weighted by Gasteiger charge is -2.37. The third-order valence-electron chi connectivity index (χ3n) is 6.69. The third kappa shape index (κ3) is 3.93. The van der Waals surface area contributed by atoms with E-state index in [0.29, 0.717) is 5.95 Å². The van der Waals surface area contributed by atoms with E-state index in [0.717, 1.165) is 61.7 Å². The van der Waals surface area contributed by atoms with E-state index in [4.69, 9.17) is 9.97 Å². The average Bonchev–Trinajstić information content (AvgIpc) is 3.20. The molecule has 2 N–H and O–H groups in total. The van der Waals surface area contributed by atoms with Crippen molar-refractivity contribution in [1.82, 2.24) is 24.8 Å². The Labute approximate surface area is 177 Å². The standard InChI is InChI=1S/C23H30N6O/c1-16(30)28-11-13-29(14-12-28)19-7-5-18(6-8-19)25-23-26-21(15-17-3-2-4-17)20-9-10-24-22(20)27-23/h5,7-10,17-18H,2-4,6,11-15H2,1H3,(H2,24,25,26,27). The summed E-state index contributed by atoms with van der Waals surface area (Å²) in [5.74, 6) is 1.65. The van der Waals surface area contributed by atoms with Gasteiger partial charge in [0, 0.05) is 50.4 Å². The van der Waals surface area contributed by atoms with E-state index in [-0.39, 0.29) is 11.9 Å². The van der Waals surface area contributed by atoms with Crippen LogP contribution in [0.25, 0.3) is 11.0 Å². The number of piperazine rings is 1. The van der Waals surface area contributed by atoms with Crippen molar-refractivity contribution in [1.29, 1.82) is 0 Å². The van der Waals surface area contributed by atoms with Gasteiger partial charge in [-0.2, -0.15) is 4.98 Å². The van der Waals surface area contributed by atoms with Gasteiger partial charge in [0.2, 0.25) is 11.9 Å². The van der Waals surface area contributed by atoms with Crippen LogP contribution in [-0.4, -0.2) is 62.9 Å². The Morgan fingerprint density at radius 2 is 2.07 bits per heavy atom. The molecular formula is C23H30N6O. The van der Waals surface area contributed by atoms with Crippen LogP contribution in [0, 0.1) is 5.92 Å². The molecule has 7 heteroatoms. The number of anilines is 1. The van der Waals surface area contributed by atoms with Crippen LogP contribution in [0.15, 0.2) is 36.2 Å². The number of hydrogen-bond donors (Lipinski definition) is 2. The van der Waals surface area contributed by atoms with Crippen LogP contribution in [0.2, 0.25) is 0 Å². The van der Waals surface area contributed by atoms with Gasteiger partial charge in [-0.25, -0.2) is 4.98 Å². The minimum Gasteiger partial charge on any atom is -0.368 e. The predicted molar refractivity (Wildman–Crippen MR) is 118 cm³/mol. The SMILES string of the molecule is CC(=O)N1CCN(C2=CCC(Nc3nc(CC4CCC4)c4cc[nH]c4n3)C=C2)CC1. The van der Waals surface area contributed by atoms with Crippen LogP contribution in [0.3, 0.4) is 0 Å². The van der Waals surface area contributed by atoms with E-state index >= 15 is 0 Å². The van der Waals surface area contributed by atoms with Gasteiger partial charge in [0.1, 0.15) is 5.65 Å². The molecule has 0 spiro atoms. The summed E-state index contributed by atoms with van der Waals surface area (Å²) in [4.78, 5) is 28.6. The molecule has 2 aromatic heterocycles. The van der Waals surface area contributed by atoms with Gasteiger partial charge in [0.25, 0.3) is 0 Å². The van der Waals surface area contributed by atoms with Crippen LogP contribution in [0.5, 0.6) is 0 Å². The molecule has 3 heterocycles. The molecule has 1 atom stereocenters. The molecular weight excluding hydrogens is 376 g/mol. The number of aromatic nitrogens is 3. The van der Waals surface area contributed by atoms with Crippen molar-refractivity contribution < 1.29 is 4.79 Å². The Bertz CT molecular complexity index is 981. The molecule has 2 fully saturated rings. The summed E-state index contributed by atoms with van der Waals surface area (Å²) in [7, 11) is 0. The second-order valence-corrected chi connectivity index (χ2v) is 8.70. The van der Waals surface area contributed by atoms with E-state index < -0.39 is 0 Å². The van der Waals surface area contributed by atoms with Crippen molar-refractivity contribution in [3.8, 4) is 0 Å². The molecule has 2 aromatic rings. The molecule has 1 aliphatic heterocycles. The van der Waals surface area contributed by atoms with Crippen molar-refractivity contribution in [3.63, 3.8) is 0 Å². The van der Waals surface area contributed by atoms with Gasteiger partial charge in [-0.15, -0.1) is 0 Å². The second-order valence-electron chi connectivity index (χ2n) is 8.70. The first-order chi connectivity index (χ1) is 14.7. The van der Waals surface area contributed by atoms with Crippen molar-refractivity contribution >= 4 is 22.9 Å². The molecule has 158 valence electrons. The fraction of sp³-hybridized carbons (Fsp3) is 0.522. The van der Waals surface area contributed by atoms with Crippen molar-refractivity contribution in [2.45, 2.75) is 45.1 Å². The highest BCUT2D eigenvalue weighted by Crippen LogP contribution is 2.31. The zero-order valence-electron chi connectivity index (χ0n) is 17.6. The van der Waals surface area contributed by atoms with Crippen molar-refractivity contribution in [2.75, 3.05) is 31.5 Å². The van der Waals surface area contributed by atoms with E-state index in [1.807, 2.05) is 11.1 Å².